The van der Waals surface area contributed by atoms with Crippen molar-refractivity contribution < 1.29 is 5.11 Å². The Morgan fingerprint density at radius 1 is 1.39 bits per heavy atom. The van der Waals surface area contributed by atoms with Crippen LogP contribution in [0.4, 0.5) is 0 Å². The Morgan fingerprint density at radius 3 is 2.56 bits per heavy atom. The van der Waals surface area contributed by atoms with E-state index in [9.17, 15) is 5.11 Å². The Hall–Kier alpha value is -1.86. The van der Waals surface area contributed by atoms with Crippen molar-refractivity contribution >= 4 is 11.0 Å². The normalized spacial score (nSPS) is 13.6. The summed E-state index contributed by atoms with van der Waals surface area (Å²) in [6.45, 7) is 7.91. The summed E-state index contributed by atoms with van der Waals surface area (Å²) >= 11 is 0. The molecule has 2 rings (SSSR count). The highest BCUT2D eigenvalue weighted by Gasteiger charge is 2.23. The number of fused-ring (bicyclic) bond motifs is 1. The SMILES string of the molecule is C[C@H](O)c1nc2cc(C#N)ccc2n1C(C)(C)C. The third-order valence-electron chi connectivity index (χ3n) is 2.85. The number of rotatable bonds is 1. The van der Waals surface area contributed by atoms with E-state index < -0.39 is 6.10 Å². The summed E-state index contributed by atoms with van der Waals surface area (Å²) < 4.78 is 2.02. The number of aliphatic hydroxyl groups is 1. The molecule has 0 aliphatic rings. The van der Waals surface area contributed by atoms with Crippen molar-refractivity contribution in [1.29, 1.82) is 5.26 Å². The Labute approximate surface area is 106 Å². The van der Waals surface area contributed by atoms with Crippen LogP contribution in [-0.4, -0.2) is 14.7 Å². The molecule has 4 nitrogen and oxygen atoms in total. The molecule has 0 spiro atoms. The molecule has 0 unspecified atom stereocenters. The summed E-state index contributed by atoms with van der Waals surface area (Å²) in [5, 5.41) is 18.8. The molecular formula is C14H17N3O. The van der Waals surface area contributed by atoms with Crippen molar-refractivity contribution in [1.82, 2.24) is 9.55 Å². The van der Waals surface area contributed by atoms with Crippen LogP contribution in [0, 0.1) is 11.3 Å². The van der Waals surface area contributed by atoms with Crippen LogP contribution < -0.4 is 0 Å². The highest BCUT2D eigenvalue weighted by Crippen LogP contribution is 2.28. The van der Waals surface area contributed by atoms with E-state index in [1.54, 1.807) is 19.1 Å². The van der Waals surface area contributed by atoms with E-state index in [0.29, 0.717) is 11.4 Å². The Kier molecular flexibility index (Phi) is 2.88. The molecule has 0 amide bonds. The number of hydrogen-bond acceptors (Lipinski definition) is 3. The van der Waals surface area contributed by atoms with E-state index in [2.05, 4.69) is 31.8 Å². The van der Waals surface area contributed by atoms with Crippen LogP contribution in [0.3, 0.4) is 0 Å². The van der Waals surface area contributed by atoms with Gasteiger partial charge in [-0.05, 0) is 45.9 Å². The first kappa shape index (κ1) is 12.6. The van der Waals surface area contributed by atoms with Crippen molar-refractivity contribution in [3.05, 3.63) is 29.6 Å². The fraction of sp³-hybridized carbons (Fsp3) is 0.429. The van der Waals surface area contributed by atoms with E-state index in [-0.39, 0.29) is 5.54 Å². The molecule has 18 heavy (non-hydrogen) atoms. The zero-order valence-electron chi connectivity index (χ0n) is 11.1. The van der Waals surface area contributed by atoms with Crippen molar-refractivity contribution in [3.63, 3.8) is 0 Å². The molecule has 1 aromatic carbocycles. The number of nitrogens with zero attached hydrogens (tertiary/aromatic N) is 3. The maximum absolute atomic E-state index is 9.85. The lowest BCUT2D eigenvalue weighted by Gasteiger charge is -2.25. The van der Waals surface area contributed by atoms with Crippen molar-refractivity contribution in [3.8, 4) is 6.07 Å². The van der Waals surface area contributed by atoms with Gasteiger partial charge in [-0.1, -0.05) is 0 Å². The maximum Gasteiger partial charge on any atom is 0.139 e. The molecule has 0 saturated carbocycles. The van der Waals surface area contributed by atoms with E-state index >= 15 is 0 Å². The lowest BCUT2D eigenvalue weighted by atomic mass is 10.1. The highest BCUT2D eigenvalue weighted by molar-refractivity contribution is 5.78. The monoisotopic (exact) mass is 243 g/mol. The Bertz CT molecular complexity index is 627. The largest absolute Gasteiger partial charge is 0.385 e. The fourth-order valence-corrected chi connectivity index (χ4v) is 2.15. The first-order valence-electron chi connectivity index (χ1n) is 5.95. The summed E-state index contributed by atoms with van der Waals surface area (Å²) in [5.74, 6) is 0.632. The predicted octanol–water partition coefficient (Wildman–Crippen LogP) is 2.72. The second kappa shape index (κ2) is 4.11. The average Bonchev–Trinajstić information content (AvgIpc) is 2.66. The number of aromatic nitrogens is 2. The average molecular weight is 243 g/mol. The smallest absolute Gasteiger partial charge is 0.139 e. The second-order valence-electron chi connectivity index (χ2n) is 5.47. The van der Waals surface area contributed by atoms with Gasteiger partial charge in [0.15, 0.2) is 0 Å². The first-order valence-corrected chi connectivity index (χ1v) is 5.95. The summed E-state index contributed by atoms with van der Waals surface area (Å²) in [7, 11) is 0. The first-order chi connectivity index (χ1) is 8.34. The van der Waals surface area contributed by atoms with Crippen LogP contribution >= 0.6 is 0 Å². The van der Waals surface area contributed by atoms with Gasteiger partial charge >= 0.3 is 0 Å². The molecule has 94 valence electrons. The van der Waals surface area contributed by atoms with Gasteiger partial charge in [0.1, 0.15) is 11.9 Å². The zero-order valence-corrected chi connectivity index (χ0v) is 11.1. The van der Waals surface area contributed by atoms with E-state index in [4.69, 9.17) is 5.26 Å². The van der Waals surface area contributed by atoms with Crippen LogP contribution in [-0.2, 0) is 5.54 Å². The van der Waals surface area contributed by atoms with Gasteiger partial charge in [-0.2, -0.15) is 5.26 Å². The minimum absolute atomic E-state index is 0.171. The third-order valence-corrected chi connectivity index (χ3v) is 2.85. The van der Waals surface area contributed by atoms with E-state index in [1.165, 1.54) is 0 Å². The molecule has 0 bridgehead atoms. The Morgan fingerprint density at radius 2 is 2.06 bits per heavy atom. The van der Waals surface area contributed by atoms with Crippen molar-refractivity contribution in [2.45, 2.75) is 39.3 Å². The number of benzene rings is 1. The van der Waals surface area contributed by atoms with Crippen LogP contribution in [0.25, 0.3) is 11.0 Å². The summed E-state index contributed by atoms with van der Waals surface area (Å²) in [6.07, 6.45) is -0.637. The van der Waals surface area contributed by atoms with Crippen LogP contribution in [0.1, 0.15) is 45.2 Å². The minimum atomic E-state index is -0.637. The molecule has 1 heterocycles. The van der Waals surface area contributed by atoms with Crippen molar-refractivity contribution in [2.24, 2.45) is 0 Å². The van der Waals surface area contributed by atoms with Crippen molar-refractivity contribution in [2.75, 3.05) is 0 Å². The third kappa shape index (κ3) is 1.98. The number of aliphatic hydroxyl groups excluding tert-OH is 1. The molecule has 2 aromatic rings. The molecule has 0 aliphatic carbocycles. The summed E-state index contributed by atoms with van der Waals surface area (Å²) in [5.41, 5.74) is 2.10. The van der Waals surface area contributed by atoms with Gasteiger partial charge in [0.2, 0.25) is 0 Å². The van der Waals surface area contributed by atoms with E-state index in [0.717, 1.165) is 11.0 Å². The molecule has 1 N–H and O–H groups in total. The quantitative estimate of drug-likeness (QED) is 0.837. The molecule has 4 heteroatoms. The van der Waals surface area contributed by atoms with Gasteiger partial charge in [-0.15, -0.1) is 0 Å². The number of nitriles is 1. The molecular weight excluding hydrogens is 226 g/mol. The van der Waals surface area contributed by atoms with Gasteiger partial charge in [0.25, 0.3) is 0 Å². The lowest BCUT2D eigenvalue weighted by molar-refractivity contribution is 0.176. The van der Waals surface area contributed by atoms with Crippen LogP contribution in [0.2, 0.25) is 0 Å². The lowest BCUT2D eigenvalue weighted by Crippen LogP contribution is -2.24. The topological polar surface area (TPSA) is 61.8 Å². The maximum atomic E-state index is 9.85. The van der Waals surface area contributed by atoms with Crippen LogP contribution in [0.15, 0.2) is 18.2 Å². The summed E-state index contributed by atoms with van der Waals surface area (Å²) in [4.78, 5) is 4.45. The molecule has 0 fully saturated rings. The number of imidazole rings is 1. The summed E-state index contributed by atoms with van der Waals surface area (Å²) in [6, 6.07) is 7.52. The molecule has 0 aliphatic heterocycles. The van der Waals surface area contributed by atoms with Crippen LogP contribution in [0.5, 0.6) is 0 Å². The molecule has 1 atom stereocenters. The van der Waals surface area contributed by atoms with Gasteiger partial charge in [-0.3, -0.25) is 0 Å². The molecule has 0 radical (unpaired) electrons. The van der Waals surface area contributed by atoms with Gasteiger partial charge in [-0.25, -0.2) is 4.98 Å². The molecule has 0 saturated heterocycles. The standard InChI is InChI=1S/C14H17N3O/c1-9(18)13-16-11-7-10(8-15)5-6-12(11)17(13)14(2,3)4/h5-7,9,18H,1-4H3/t9-/m0/s1. The Balaban J connectivity index is 2.81. The number of hydrogen-bond donors (Lipinski definition) is 1. The molecule has 1 aromatic heterocycles. The fourth-order valence-electron chi connectivity index (χ4n) is 2.15. The van der Waals surface area contributed by atoms with Gasteiger partial charge in [0, 0.05) is 5.54 Å². The minimum Gasteiger partial charge on any atom is -0.385 e. The van der Waals surface area contributed by atoms with E-state index in [1.807, 2.05) is 10.6 Å². The predicted molar refractivity (Wildman–Crippen MR) is 70.1 cm³/mol. The van der Waals surface area contributed by atoms with Gasteiger partial charge < -0.3 is 9.67 Å². The zero-order chi connectivity index (χ0) is 13.5. The second-order valence-corrected chi connectivity index (χ2v) is 5.47. The van der Waals surface area contributed by atoms with Gasteiger partial charge in [0.05, 0.1) is 22.7 Å². The highest BCUT2D eigenvalue weighted by atomic mass is 16.3.